The van der Waals surface area contributed by atoms with Crippen molar-refractivity contribution in [2.24, 2.45) is 28.6 Å². The monoisotopic (exact) mass is 470 g/mol. The van der Waals surface area contributed by atoms with E-state index >= 15 is 4.39 Å². The van der Waals surface area contributed by atoms with E-state index in [1.165, 1.54) is 12.2 Å². The van der Waals surface area contributed by atoms with Crippen molar-refractivity contribution in [3.05, 3.63) is 34.9 Å². The van der Waals surface area contributed by atoms with Gasteiger partial charge in [-0.1, -0.05) is 45.3 Å². The predicted molar refractivity (Wildman–Crippen MR) is 125 cm³/mol. The van der Waals surface area contributed by atoms with Gasteiger partial charge in [-0.15, -0.1) is 0 Å². The largest absolute Gasteiger partial charge is 0.458 e. The molecule has 2 unspecified atom stereocenters. The molecule has 4 rings (SSSR count). The van der Waals surface area contributed by atoms with Gasteiger partial charge in [-0.25, -0.2) is 4.39 Å². The second kappa shape index (κ2) is 9.01. The van der Waals surface area contributed by atoms with Crippen LogP contribution in [-0.2, 0) is 23.9 Å². The van der Waals surface area contributed by atoms with Crippen molar-refractivity contribution in [3.8, 4) is 0 Å². The molecule has 0 saturated heterocycles. The molecule has 0 aliphatic heterocycles. The highest BCUT2D eigenvalue weighted by atomic mass is 19.1. The van der Waals surface area contributed by atoms with Crippen molar-refractivity contribution < 1.29 is 28.3 Å². The lowest BCUT2D eigenvalue weighted by molar-refractivity contribution is -0.151. The van der Waals surface area contributed by atoms with E-state index in [0.29, 0.717) is 24.0 Å². The Morgan fingerprint density at radius 2 is 1.94 bits per heavy atom. The van der Waals surface area contributed by atoms with Gasteiger partial charge in [0.1, 0.15) is 12.8 Å². The normalized spacial score (nSPS) is 36.6. The van der Waals surface area contributed by atoms with Crippen LogP contribution in [0.15, 0.2) is 34.9 Å². The predicted octanol–water partition coefficient (Wildman–Crippen LogP) is 5.04. The standard InChI is InChI=1S/C28H35FO5/c1-5-6-7-8-24(33)34-15-23(32)25-16(2)11-19-18-13-21(29)20-12-17(30)9-10-27(20,3)26(18)22(31)14-28(19,25)4/h9-10,12,16,19,21,25H,5-8,11,13-15H2,1-4H3/t16?,19-,21?,25+,27-,28-/m0/s1. The average molecular weight is 471 g/mol. The van der Waals surface area contributed by atoms with Crippen LogP contribution in [0.4, 0.5) is 4.39 Å². The number of esters is 1. The number of alkyl halides is 1. The Hall–Kier alpha value is -2.37. The van der Waals surface area contributed by atoms with Crippen molar-refractivity contribution in [3.63, 3.8) is 0 Å². The third kappa shape index (κ3) is 3.93. The molecular weight excluding hydrogens is 435 g/mol. The first-order valence-corrected chi connectivity index (χ1v) is 12.6. The molecule has 0 N–H and O–H groups in total. The van der Waals surface area contributed by atoms with Gasteiger partial charge in [-0.2, -0.15) is 0 Å². The average Bonchev–Trinajstić information content (AvgIpc) is 3.03. The number of hydrogen-bond acceptors (Lipinski definition) is 5. The Morgan fingerprint density at radius 1 is 1.21 bits per heavy atom. The van der Waals surface area contributed by atoms with Gasteiger partial charge in [0.2, 0.25) is 0 Å². The highest BCUT2D eigenvalue weighted by Crippen LogP contribution is 2.64. The zero-order valence-electron chi connectivity index (χ0n) is 20.6. The molecule has 4 aliphatic carbocycles. The molecule has 0 heterocycles. The molecule has 1 saturated carbocycles. The lowest BCUT2D eigenvalue weighted by atomic mass is 9.53. The molecule has 1 fully saturated rings. The van der Waals surface area contributed by atoms with Crippen molar-refractivity contribution in [1.29, 1.82) is 0 Å². The van der Waals surface area contributed by atoms with Crippen LogP contribution in [0.3, 0.4) is 0 Å². The zero-order chi connectivity index (χ0) is 24.8. The SMILES string of the molecule is CCCCCC(=O)OCC(=O)[C@H]1C(C)C[C@H]2C3=C(C(=O)C[C@@]21C)[C@@]1(C)C=CC(=O)C=C1C(F)C3. The van der Waals surface area contributed by atoms with Gasteiger partial charge in [0.25, 0.3) is 0 Å². The first-order chi connectivity index (χ1) is 16.0. The Balaban J connectivity index is 1.60. The van der Waals surface area contributed by atoms with E-state index in [9.17, 15) is 19.2 Å². The number of hydrogen-bond donors (Lipinski definition) is 0. The molecule has 0 bridgehead atoms. The van der Waals surface area contributed by atoms with E-state index < -0.39 is 22.9 Å². The fourth-order valence-corrected chi connectivity index (χ4v) is 7.23. The highest BCUT2D eigenvalue weighted by Gasteiger charge is 2.61. The number of Topliss-reactive ketones (excluding diaryl/α,β-unsaturated/α-hetero) is 2. The topological polar surface area (TPSA) is 77.5 Å². The van der Waals surface area contributed by atoms with E-state index in [4.69, 9.17) is 4.74 Å². The van der Waals surface area contributed by atoms with Crippen LogP contribution in [0.1, 0.15) is 72.6 Å². The summed E-state index contributed by atoms with van der Waals surface area (Å²) < 4.78 is 20.7. The maximum Gasteiger partial charge on any atom is 0.306 e. The molecule has 0 aromatic heterocycles. The fourth-order valence-electron chi connectivity index (χ4n) is 7.23. The first-order valence-electron chi connectivity index (χ1n) is 12.6. The Morgan fingerprint density at radius 3 is 2.65 bits per heavy atom. The highest BCUT2D eigenvalue weighted by molar-refractivity contribution is 6.06. The Bertz CT molecular complexity index is 1020. The van der Waals surface area contributed by atoms with Gasteiger partial charge in [0.05, 0.1) is 0 Å². The minimum Gasteiger partial charge on any atom is -0.458 e. The maximum atomic E-state index is 15.4. The zero-order valence-corrected chi connectivity index (χ0v) is 20.6. The van der Waals surface area contributed by atoms with Gasteiger partial charge < -0.3 is 4.74 Å². The minimum atomic E-state index is -1.33. The van der Waals surface area contributed by atoms with Crippen LogP contribution in [0.25, 0.3) is 0 Å². The smallest absolute Gasteiger partial charge is 0.306 e. The summed E-state index contributed by atoms with van der Waals surface area (Å²) in [5, 5.41) is 0. The molecular formula is C28H35FO5. The molecule has 5 nitrogen and oxygen atoms in total. The number of ether oxygens (including phenoxy) is 1. The summed E-state index contributed by atoms with van der Waals surface area (Å²) in [6, 6.07) is 0. The molecule has 4 aliphatic rings. The van der Waals surface area contributed by atoms with E-state index in [1.807, 2.05) is 20.8 Å². The number of rotatable bonds is 7. The third-order valence-electron chi connectivity index (χ3n) is 8.69. The number of ketones is 3. The van der Waals surface area contributed by atoms with Crippen LogP contribution < -0.4 is 0 Å². The van der Waals surface area contributed by atoms with Crippen molar-refractivity contribution >= 4 is 23.3 Å². The van der Waals surface area contributed by atoms with Crippen molar-refractivity contribution in [2.75, 3.05) is 6.61 Å². The first kappa shape index (κ1) is 24.7. The Labute approximate surface area is 200 Å². The summed E-state index contributed by atoms with van der Waals surface area (Å²) >= 11 is 0. The van der Waals surface area contributed by atoms with Crippen LogP contribution >= 0.6 is 0 Å². The number of carbonyl (C=O) groups is 4. The third-order valence-corrected chi connectivity index (χ3v) is 8.69. The van der Waals surface area contributed by atoms with E-state index in [0.717, 1.165) is 24.8 Å². The van der Waals surface area contributed by atoms with Gasteiger partial charge in [0.15, 0.2) is 17.3 Å². The summed E-state index contributed by atoms with van der Waals surface area (Å²) in [6.45, 7) is 7.57. The van der Waals surface area contributed by atoms with E-state index in [1.54, 1.807) is 6.08 Å². The maximum absolute atomic E-state index is 15.4. The summed E-state index contributed by atoms with van der Waals surface area (Å²) in [6.07, 6.45) is 7.07. The Kier molecular flexibility index (Phi) is 6.56. The summed E-state index contributed by atoms with van der Waals surface area (Å²) in [7, 11) is 0. The molecule has 6 atom stereocenters. The van der Waals surface area contributed by atoms with Gasteiger partial charge >= 0.3 is 5.97 Å². The number of fused-ring (bicyclic) bond motifs is 4. The van der Waals surface area contributed by atoms with Crippen LogP contribution in [0, 0.1) is 28.6 Å². The van der Waals surface area contributed by atoms with Crippen LogP contribution in [-0.4, -0.2) is 36.1 Å². The fraction of sp³-hybridized carbons (Fsp3) is 0.643. The summed E-state index contributed by atoms with van der Waals surface area (Å²) in [5.41, 5.74) is 0.236. The number of halogens is 1. The lowest BCUT2D eigenvalue weighted by Crippen LogP contribution is -2.48. The number of carbonyl (C=O) groups excluding carboxylic acids is 4. The van der Waals surface area contributed by atoms with Gasteiger partial charge in [-0.3, -0.25) is 19.2 Å². The van der Waals surface area contributed by atoms with Crippen LogP contribution in [0.5, 0.6) is 0 Å². The lowest BCUT2D eigenvalue weighted by Gasteiger charge is -2.49. The molecule has 0 spiro atoms. The summed E-state index contributed by atoms with van der Waals surface area (Å²) in [5.74, 6) is -1.37. The van der Waals surface area contributed by atoms with E-state index in [2.05, 4.69) is 6.92 Å². The molecule has 0 radical (unpaired) electrons. The van der Waals surface area contributed by atoms with E-state index in [-0.39, 0.29) is 54.6 Å². The minimum absolute atomic E-state index is 0.00720. The molecule has 184 valence electrons. The van der Waals surface area contributed by atoms with Crippen LogP contribution in [0.2, 0.25) is 0 Å². The molecule has 0 aromatic rings. The second-order valence-electron chi connectivity index (χ2n) is 11.0. The molecule has 6 heteroatoms. The van der Waals surface area contributed by atoms with Crippen molar-refractivity contribution in [1.82, 2.24) is 0 Å². The molecule has 0 amide bonds. The molecule has 0 aromatic carbocycles. The summed E-state index contributed by atoms with van der Waals surface area (Å²) in [4.78, 5) is 50.8. The van der Waals surface area contributed by atoms with Gasteiger partial charge in [-0.05, 0) is 54.7 Å². The number of allylic oxidation sites excluding steroid dienone is 6. The van der Waals surface area contributed by atoms with Crippen molar-refractivity contribution in [2.45, 2.75) is 78.8 Å². The molecule has 34 heavy (non-hydrogen) atoms. The van der Waals surface area contributed by atoms with Gasteiger partial charge in [0, 0.05) is 36.2 Å². The quantitative estimate of drug-likeness (QED) is 0.385. The number of unbranched alkanes of at least 4 members (excludes halogenated alkanes) is 2. The second-order valence-corrected chi connectivity index (χ2v) is 11.0.